The smallest absolute Gasteiger partial charge is 0.164 e. The monoisotopic (exact) mass is 1580 g/mol. The summed E-state index contributed by atoms with van der Waals surface area (Å²) >= 11 is 0. The minimum absolute atomic E-state index is 0.455. The Hall–Kier alpha value is -16.7. The van der Waals surface area contributed by atoms with Crippen LogP contribution < -0.4 is 5.32 Å². The highest BCUT2D eigenvalue weighted by molar-refractivity contribution is 6.33. The van der Waals surface area contributed by atoms with Crippen molar-refractivity contribution in [2.45, 2.75) is 6.17 Å². The summed E-state index contributed by atoms with van der Waals surface area (Å²) in [5.41, 5.74) is 31.2. The van der Waals surface area contributed by atoms with E-state index in [2.05, 4.69) is 366 Å². The molecule has 18 aromatic carbocycles. The van der Waals surface area contributed by atoms with E-state index in [1.807, 2.05) is 48.5 Å². The number of benzene rings is 18. The maximum atomic E-state index is 7.06. The molecule has 1 N–H and O–H groups in total. The molecule has 124 heavy (non-hydrogen) atoms. The topological polar surface area (TPSA) is 112 Å². The summed E-state index contributed by atoms with van der Waals surface area (Å²) in [7, 11) is 0. The molecule has 10 nitrogen and oxygen atoms in total. The van der Waals surface area contributed by atoms with Crippen LogP contribution in [0, 0.1) is 0 Å². The van der Waals surface area contributed by atoms with Gasteiger partial charge in [0.2, 0.25) is 0 Å². The van der Waals surface area contributed by atoms with Crippen LogP contribution in [0.2, 0.25) is 0 Å². The highest BCUT2D eigenvalue weighted by atomic mass is 16.3. The predicted molar refractivity (Wildman–Crippen MR) is 507 cm³/mol. The van der Waals surface area contributed by atoms with E-state index < -0.39 is 6.17 Å². The van der Waals surface area contributed by atoms with Gasteiger partial charge in [-0.05, 0) is 172 Å². The fraction of sp³-hybridized carbons (Fsp3) is 0.00877. The summed E-state index contributed by atoms with van der Waals surface area (Å²) in [4.78, 5) is 26.9. The van der Waals surface area contributed by atoms with Crippen LogP contribution in [0.4, 0.5) is 0 Å². The van der Waals surface area contributed by atoms with E-state index in [1.165, 1.54) is 110 Å². The lowest BCUT2D eigenvalue weighted by Crippen LogP contribution is -2.33. The quantitative estimate of drug-likeness (QED) is 0.123. The molecule has 1 atom stereocenters. The maximum absolute atomic E-state index is 7.06. The molecule has 0 radical (unpaired) electrons. The molecule has 2 aliphatic carbocycles. The van der Waals surface area contributed by atoms with Gasteiger partial charge in [-0.1, -0.05) is 322 Å². The number of furan rings is 2. The molecule has 0 saturated heterocycles. The maximum Gasteiger partial charge on any atom is 0.164 e. The number of nitrogens with zero attached hydrogens (tertiary/aromatic N) is 7. The molecule has 5 aromatic heterocycles. The number of amidine groups is 2. The SMILES string of the molecule is c1ccc(C2=C(c3ccccc3)c3cccc4c3c3c5c2cccc5ccc3n4-c2ccc3c(c2)oc2cc(C4=NC(c5ccccc5-c5ccc(-c6nc(-c7ccccc7)nc(-c7cccc8oc9cc(-n%10c%11cccc%12c%11c%11c%13c(cccc%13ccc%11%10)C(c%10ccccc%10)=C%12c%10ccccc%10)ccc9c78)n6)cc5)=NC(c5ccccc5)N4)ccc23)cc1. The number of hydrogen-bond acceptors (Lipinski definition) is 8. The Labute approximate surface area is 711 Å². The molecule has 1 aliphatic heterocycles. The summed E-state index contributed by atoms with van der Waals surface area (Å²) in [5, 5.41) is 17.5. The molecule has 6 heterocycles. The number of rotatable bonds is 13. The molecule has 26 rings (SSSR count). The van der Waals surface area contributed by atoms with Gasteiger partial charge in [0, 0.05) is 94.4 Å². The van der Waals surface area contributed by atoms with Gasteiger partial charge >= 0.3 is 0 Å². The Bertz CT molecular complexity index is 8600. The van der Waals surface area contributed by atoms with Crippen LogP contribution in [0.5, 0.6) is 0 Å². The fourth-order valence-electron chi connectivity index (χ4n) is 20.2. The third kappa shape index (κ3) is 10.7. The van der Waals surface area contributed by atoms with Gasteiger partial charge in [0.05, 0.1) is 22.1 Å². The van der Waals surface area contributed by atoms with Gasteiger partial charge in [-0.15, -0.1) is 0 Å². The second-order valence-electron chi connectivity index (χ2n) is 32.4. The van der Waals surface area contributed by atoms with Crippen LogP contribution in [0.3, 0.4) is 0 Å². The molecule has 0 amide bonds. The van der Waals surface area contributed by atoms with E-state index >= 15 is 0 Å². The number of nitrogens with one attached hydrogen (secondary N) is 1. The van der Waals surface area contributed by atoms with Crippen LogP contribution in [0.1, 0.15) is 67.4 Å². The first-order chi connectivity index (χ1) is 61.5. The molecule has 0 bridgehead atoms. The van der Waals surface area contributed by atoms with E-state index in [4.69, 9.17) is 33.8 Å². The molecule has 0 fully saturated rings. The molecule has 0 spiro atoms. The van der Waals surface area contributed by atoms with Crippen molar-refractivity contribution >= 4 is 143 Å². The zero-order valence-electron chi connectivity index (χ0n) is 66.6. The van der Waals surface area contributed by atoms with Crippen LogP contribution in [0.15, 0.2) is 419 Å². The first-order valence-corrected chi connectivity index (χ1v) is 42.1. The molecule has 10 heteroatoms. The zero-order chi connectivity index (χ0) is 81.2. The Kier molecular flexibility index (Phi) is 15.3. The van der Waals surface area contributed by atoms with Crippen LogP contribution >= 0.6 is 0 Å². The Morgan fingerprint density at radius 3 is 1.17 bits per heavy atom. The zero-order valence-corrected chi connectivity index (χ0v) is 66.6. The third-order valence-corrected chi connectivity index (χ3v) is 25.5. The minimum Gasteiger partial charge on any atom is -0.456 e. The van der Waals surface area contributed by atoms with Gasteiger partial charge in [-0.2, -0.15) is 0 Å². The lowest BCUT2D eigenvalue weighted by atomic mass is 9.85. The molecular formula is C114H68N8O2. The first-order valence-electron chi connectivity index (χ1n) is 42.1. The lowest BCUT2D eigenvalue weighted by Gasteiger charge is -2.24. The van der Waals surface area contributed by atoms with Crippen LogP contribution in [-0.4, -0.2) is 35.8 Å². The van der Waals surface area contributed by atoms with Crippen molar-refractivity contribution in [3.8, 4) is 56.7 Å². The van der Waals surface area contributed by atoms with Crippen molar-refractivity contribution in [2.75, 3.05) is 0 Å². The molecule has 3 aliphatic rings. The lowest BCUT2D eigenvalue weighted by molar-refractivity contribution is 0.666. The number of aromatic nitrogens is 5. The second kappa shape index (κ2) is 27.4. The van der Waals surface area contributed by atoms with Gasteiger partial charge in [0.25, 0.3) is 0 Å². The summed E-state index contributed by atoms with van der Waals surface area (Å²) in [6.07, 6.45) is -0.455. The van der Waals surface area contributed by atoms with Crippen molar-refractivity contribution in [3.05, 3.63) is 462 Å². The normalized spacial score (nSPS) is 13.8. The standard InChI is InChI=1S/C114H68N8O2/c1-7-26-68(27-8-1)98-85-42-21-38-72-55-62-92-107(102(72)85)105-87(100(98)70-30-11-3-12-31-70)44-23-47-90(105)121(92)78-57-60-82-81-59-54-77(64-95(81)124-96(82)65-78)112-116-110(75-36-17-6-18-37-75)117-113(120-112)83-41-20-19-40-80(83)67-50-52-76(53-51-67)111-115-109(74-34-15-5-16-35-74)118-114(119-111)89-46-25-49-94-104(89)84-61-58-79(66-97(84)123-94)122-91-48-24-45-88-101(71-32-13-4-14-33-71)99(69-28-9-2-10-29-69)86-43-22-39-73-56-63-93(122)108(103(73)86)106(88)91/h1-66,110H,(H,116,117,120). The summed E-state index contributed by atoms with van der Waals surface area (Å²) in [6, 6.07) is 143. The van der Waals surface area contributed by atoms with Gasteiger partial charge in [0.15, 0.2) is 23.3 Å². The molecule has 23 aromatic rings. The minimum atomic E-state index is -0.455. The molecular weight excluding hydrogens is 1510 g/mol. The second-order valence-corrected chi connectivity index (χ2v) is 32.4. The average molecular weight is 1580 g/mol. The van der Waals surface area contributed by atoms with Crippen molar-refractivity contribution in [2.24, 2.45) is 9.98 Å². The summed E-state index contributed by atoms with van der Waals surface area (Å²) in [5.74, 6) is 2.90. The van der Waals surface area contributed by atoms with E-state index in [1.54, 1.807) is 0 Å². The largest absolute Gasteiger partial charge is 0.456 e. The van der Waals surface area contributed by atoms with Gasteiger partial charge < -0.3 is 23.3 Å². The Balaban J connectivity index is 0.550. The van der Waals surface area contributed by atoms with Crippen molar-refractivity contribution < 1.29 is 8.83 Å². The van der Waals surface area contributed by atoms with E-state index in [-0.39, 0.29) is 0 Å². The highest BCUT2D eigenvalue weighted by Gasteiger charge is 2.33. The summed E-state index contributed by atoms with van der Waals surface area (Å²) in [6.45, 7) is 0. The number of aliphatic imine (C=N–C) groups is 2. The Morgan fingerprint density at radius 2 is 0.629 bits per heavy atom. The number of hydrogen-bond donors (Lipinski definition) is 1. The van der Waals surface area contributed by atoms with Gasteiger partial charge in [-0.25, -0.2) is 24.9 Å². The average Bonchev–Trinajstić information content (AvgIpc) is 1.54. The highest BCUT2D eigenvalue weighted by Crippen LogP contribution is 2.54. The Morgan fingerprint density at radius 1 is 0.242 bits per heavy atom. The summed E-state index contributed by atoms with van der Waals surface area (Å²) < 4.78 is 18.9. The van der Waals surface area contributed by atoms with Crippen molar-refractivity contribution in [1.29, 1.82) is 0 Å². The third-order valence-electron chi connectivity index (χ3n) is 25.5. The van der Waals surface area contributed by atoms with Crippen LogP contribution in [0.25, 0.3) is 188 Å². The first kappa shape index (κ1) is 69.3. The van der Waals surface area contributed by atoms with Crippen molar-refractivity contribution in [3.63, 3.8) is 0 Å². The van der Waals surface area contributed by atoms with E-state index in [0.717, 1.165) is 122 Å². The van der Waals surface area contributed by atoms with E-state index in [0.29, 0.717) is 29.1 Å². The molecule has 1 unspecified atom stereocenters. The van der Waals surface area contributed by atoms with Crippen LogP contribution in [-0.2, 0) is 0 Å². The molecule has 576 valence electrons. The molecule has 0 saturated carbocycles. The number of fused-ring (bicyclic) bond motifs is 6. The van der Waals surface area contributed by atoms with Gasteiger partial charge in [0.1, 0.15) is 34.3 Å². The van der Waals surface area contributed by atoms with Crippen molar-refractivity contribution in [1.82, 2.24) is 29.4 Å². The fourth-order valence-corrected chi connectivity index (χ4v) is 20.2. The predicted octanol–water partition coefficient (Wildman–Crippen LogP) is 28.0. The van der Waals surface area contributed by atoms with E-state index in [9.17, 15) is 0 Å². The van der Waals surface area contributed by atoms with Gasteiger partial charge in [-0.3, -0.25) is 0 Å².